The molecule has 1 heterocycles. The van der Waals surface area contributed by atoms with E-state index in [4.69, 9.17) is 14.6 Å². The lowest BCUT2D eigenvalue weighted by atomic mass is 10.1. The van der Waals surface area contributed by atoms with Crippen LogP contribution in [-0.2, 0) is 14.3 Å². The number of amides is 2. The molecule has 0 bridgehead atoms. The van der Waals surface area contributed by atoms with Crippen molar-refractivity contribution in [3.8, 4) is 0 Å². The third-order valence-corrected chi connectivity index (χ3v) is 2.51. The van der Waals surface area contributed by atoms with E-state index >= 15 is 0 Å². The summed E-state index contributed by atoms with van der Waals surface area (Å²) >= 11 is 0. The van der Waals surface area contributed by atoms with E-state index in [1.807, 2.05) is 0 Å². The number of carbonyl (C=O) groups excluding carboxylic acids is 1. The van der Waals surface area contributed by atoms with Crippen LogP contribution in [0.25, 0.3) is 0 Å². The molecule has 0 aromatic carbocycles. The first-order valence-corrected chi connectivity index (χ1v) is 6.00. The first-order chi connectivity index (χ1) is 8.58. The molecule has 1 saturated heterocycles. The number of hydrogen-bond donors (Lipinski definition) is 3. The number of hydrogen-bond acceptors (Lipinski definition) is 4. The second kappa shape index (κ2) is 7.88. The molecule has 0 saturated carbocycles. The fourth-order valence-corrected chi connectivity index (χ4v) is 1.56. The predicted octanol–water partition coefficient (Wildman–Crippen LogP) is -0.188. The van der Waals surface area contributed by atoms with Crippen LogP contribution in [0.15, 0.2) is 0 Å². The molecule has 104 valence electrons. The van der Waals surface area contributed by atoms with Gasteiger partial charge in [0.1, 0.15) is 0 Å². The summed E-state index contributed by atoms with van der Waals surface area (Å²) in [5.74, 6) is -0.958. The van der Waals surface area contributed by atoms with Crippen molar-refractivity contribution in [1.82, 2.24) is 10.6 Å². The Bertz CT molecular complexity index is 279. The van der Waals surface area contributed by atoms with Gasteiger partial charge in [-0.1, -0.05) is 6.92 Å². The molecule has 7 heteroatoms. The average Bonchev–Trinajstić information content (AvgIpc) is 2.34. The van der Waals surface area contributed by atoms with Gasteiger partial charge in [-0.15, -0.1) is 0 Å². The fourth-order valence-electron chi connectivity index (χ4n) is 1.56. The number of rotatable bonds is 6. The molecule has 2 unspecified atom stereocenters. The van der Waals surface area contributed by atoms with Gasteiger partial charge in [0, 0.05) is 19.5 Å². The largest absolute Gasteiger partial charge is 0.481 e. The van der Waals surface area contributed by atoms with E-state index in [2.05, 4.69) is 10.6 Å². The minimum Gasteiger partial charge on any atom is -0.481 e. The normalized spacial score (nSPS) is 21.1. The lowest BCUT2D eigenvalue weighted by Gasteiger charge is -2.23. The van der Waals surface area contributed by atoms with Crippen molar-refractivity contribution < 1.29 is 24.2 Å². The highest BCUT2D eigenvalue weighted by atomic mass is 16.6. The Balaban J connectivity index is 2.07. The van der Waals surface area contributed by atoms with Crippen LogP contribution in [0.4, 0.5) is 4.79 Å². The minimum absolute atomic E-state index is 0.0415. The van der Waals surface area contributed by atoms with Gasteiger partial charge in [0.2, 0.25) is 0 Å². The van der Waals surface area contributed by atoms with Crippen LogP contribution in [0.2, 0.25) is 0 Å². The second-order valence-corrected chi connectivity index (χ2v) is 4.36. The first-order valence-electron chi connectivity index (χ1n) is 6.00. The summed E-state index contributed by atoms with van der Waals surface area (Å²) in [4.78, 5) is 21.8. The lowest BCUT2D eigenvalue weighted by Crippen LogP contribution is -2.44. The Morgan fingerprint density at radius 1 is 1.39 bits per heavy atom. The van der Waals surface area contributed by atoms with Crippen molar-refractivity contribution in [3.05, 3.63) is 0 Å². The van der Waals surface area contributed by atoms with Crippen LogP contribution >= 0.6 is 0 Å². The average molecular weight is 260 g/mol. The molecule has 0 aromatic rings. The summed E-state index contributed by atoms with van der Waals surface area (Å²) in [7, 11) is 0. The summed E-state index contributed by atoms with van der Waals surface area (Å²) in [6.45, 7) is 4.11. The lowest BCUT2D eigenvalue weighted by molar-refractivity contribution is -0.137. The van der Waals surface area contributed by atoms with E-state index in [0.717, 1.165) is 0 Å². The van der Waals surface area contributed by atoms with Crippen LogP contribution in [-0.4, -0.2) is 56.1 Å². The predicted molar refractivity (Wildman–Crippen MR) is 63.4 cm³/mol. The number of urea groups is 1. The maximum atomic E-state index is 11.4. The van der Waals surface area contributed by atoms with Gasteiger partial charge >= 0.3 is 12.0 Å². The van der Waals surface area contributed by atoms with E-state index in [-0.39, 0.29) is 24.5 Å². The Hall–Kier alpha value is -1.34. The van der Waals surface area contributed by atoms with Gasteiger partial charge < -0.3 is 25.2 Å². The molecule has 1 aliphatic rings. The molecular formula is C11H20N2O5. The summed E-state index contributed by atoms with van der Waals surface area (Å²) in [5.41, 5.74) is 0. The molecule has 0 spiro atoms. The van der Waals surface area contributed by atoms with Gasteiger partial charge in [0.25, 0.3) is 0 Å². The summed E-state index contributed by atoms with van der Waals surface area (Å²) < 4.78 is 10.6. The first kappa shape index (κ1) is 14.7. The van der Waals surface area contributed by atoms with E-state index in [1.165, 1.54) is 0 Å². The molecule has 0 radical (unpaired) electrons. The SMILES string of the molecule is CC(CNC(=O)NCC1COCCO1)CC(=O)O. The summed E-state index contributed by atoms with van der Waals surface area (Å²) in [6, 6.07) is -0.318. The number of aliphatic carboxylic acids is 1. The van der Waals surface area contributed by atoms with Gasteiger partial charge in [-0.05, 0) is 5.92 Å². The summed E-state index contributed by atoms with van der Waals surface area (Å²) in [6.07, 6.45) is -0.0687. The summed E-state index contributed by atoms with van der Waals surface area (Å²) in [5, 5.41) is 13.8. The standard InChI is InChI=1S/C11H20N2O5/c1-8(4-10(14)15)5-12-11(16)13-6-9-7-17-2-3-18-9/h8-9H,2-7H2,1H3,(H,14,15)(H2,12,13,16). The molecule has 1 aliphatic heterocycles. The van der Waals surface area contributed by atoms with Crippen molar-refractivity contribution in [1.29, 1.82) is 0 Å². The number of carboxylic acid groups (broad SMARTS) is 1. The van der Waals surface area contributed by atoms with Crippen molar-refractivity contribution in [2.45, 2.75) is 19.4 Å². The molecule has 0 aromatic heterocycles. The highest BCUT2D eigenvalue weighted by molar-refractivity contribution is 5.74. The zero-order chi connectivity index (χ0) is 13.4. The van der Waals surface area contributed by atoms with Crippen LogP contribution in [0, 0.1) is 5.92 Å². The van der Waals surface area contributed by atoms with E-state index in [9.17, 15) is 9.59 Å². The molecule has 3 N–H and O–H groups in total. The van der Waals surface area contributed by atoms with Crippen molar-refractivity contribution in [3.63, 3.8) is 0 Å². The van der Waals surface area contributed by atoms with E-state index in [1.54, 1.807) is 6.92 Å². The highest BCUT2D eigenvalue weighted by Gasteiger charge is 2.15. The van der Waals surface area contributed by atoms with Crippen molar-refractivity contribution in [2.75, 3.05) is 32.9 Å². The Morgan fingerprint density at radius 2 is 2.17 bits per heavy atom. The zero-order valence-electron chi connectivity index (χ0n) is 10.5. The van der Waals surface area contributed by atoms with Crippen LogP contribution in [0.3, 0.4) is 0 Å². The van der Waals surface area contributed by atoms with Crippen LogP contribution in [0.5, 0.6) is 0 Å². The van der Waals surface area contributed by atoms with Gasteiger partial charge in [-0.25, -0.2) is 4.79 Å². The van der Waals surface area contributed by atoms with Gasteiger partial charge in [-0.2, -0.15) is 0 Å². The highest BCUT2D eigenvalue weighted by Crippen LogP contribution is 2.00. The van der Waals surface area contributed by atoms with Crippen molar-refractivity contribution >= 4 is 12.0 Å². The fraction of sp³-hybridized carbons (Fsp3) is 0.818. The zero-order valence-corrected chi connectivity index (χ0v) is 10.5. The molecule has 7 nitrogen and oxygen atoms in total. The molecule has 1 rings (SSSR count). The number of carboxylic acids is 1. The van der Waals surface area contributed by atoms with Gasteiger partial charge in [-0.3, -0.25) is 4.79 Å². The Morgan fingerprint density at radius 3 is 2.78 bits per heavy atom. The van der Waals surface area contributed by atoms with Crippen LogP contribution in [0.1, 0.15) is 13.3 Å². The molecule has 2 atom stereocenters. The molecule has 1 fully saturated rings. The smallest absolute Gasteiger partial charge is 0.314 e. The van der Waals surface area contributed by atoms with Gasteiger partial charge in [0.05, 0.1) is 25.9 Å². The maximum Gasteiger partial charge on any atom is 0.314 e. The van der Waals surface area contributed by atoms with E-state index in [0.29, 0.717) is 32.9 Å². The monoisotopic (exact) mass is 260 g/mol. The number of nitrogens with one attached hydrogen (secondary N) is 2. The molecule has 18 heavy (non-hydrogen) atoms. The number of ether oxygens (including phenoxy) is 2. The van der Waals surface area contributed by atoms with E-state index < -0.39 is 5.97 Å². The number of carbonyl (C=O) groups is 2. The Labute approximate surface area is 106 Å². The quantitative estimate of drug-likeness (QED) is 0.615. The third kappa shape index (κ3) is 6.41. The topological polar surface area (TPSA) is 96.9 Å². The Kier molecular flexibility index (Phi) is 6.45. The van der Waals surface area contributed by atoms with Crippen molar-refractivity contribution in [2.24, 2.45) is 5.92 Å². The maximum absolute atomic E-state index is 11.4. The minimum atomic E-state index is -0.863. The third-order valence-electron chi connectivity index (χ3n) is 2.51. The van der Waals surface area contributed by atoms with Crippen LogP contribution < -0.4 is 10.6 Å². The molecular weight excluding hydrogens is 240 g/mol. The van der Waals surface area contributed by atoms with Gasteiger partial charge in [0.15, 0.2) is 0 Å². The second-order valence-electron chi connectivity index (χ2n) is 4.36. The molecule has 2 amide bonds. The molecule has 0 aliphatic carbocycles.